The Morgan fingerprint density at radius 3 is 2.46 bits per heavy atom. The number of benzene rings is 2. The van der Waals surface area contributed by atoms with Gasteiger partial charge in [-0.3, -0.25) is 4.79 Å². The molecule has 4 nitrogen and oxygen atoms in total. The van der Waals surface area contributed by atoms with Crippen LogP contribution in [0.1, 0.15) is 10.4 Å². The van der Waals surface area contributed by atoms with E-state index < -0.39 is 0 Å². The van der Waals surface area contributed by atoms with E-state index in [0.717, 1.165) is 27.2 Å². The summed E-state index contributed by atoms with van der Waals surface area (Å²) in [5.41, 5.74) is 2.72. The van der Waals surface area contributed by atoms with Gasteiger partial charge in [-0.1, -0.05) is 30.3 Å². The monoisotopic (exact) mass is 357 g/mol. The first-order valence-corrected chi connectivity index (χ1v) is 8.97. The number of fused-ring (bicyclic) bond motifs is 1. The van der Waals surface area contributed by atoms with Crippen molar-refractivity contribution < 1.29 is 0 Å². The highest BCUT2D eigenvalue weighted by molar-refractivity contribution is 7.19. The van der Waals surface area contributed by atoms with Crippen molar-refractivity contribution in [3.63, 3.8) is 0 Å². The molecule has 126 valence electrons. The molecule has 5 heteroatoms. The Labute approximate surface area is 154 Å². The Morgan fingerprint density at radius 2 is 1.73 bits per heavy atom. The van der Waals surface area contributed by atoms with E-state index in [4.69, 9.17) is 0 Å². The number of aromatic nitrogens is 1. The molecule has 2 heterocycles. The van der Waals surface area contributed by atoms with Crippen LogP contribution in [0.4, 0.5) is 11.4 Å². The van der Waals surface area contributed by atoms with Crippen molar-refractivity contribution in [1.82, 2.24) is 4.68 Å². The van der Waals surface area contributed by atoms with Gasteiger partial charge < -0.3 is 0 Å². The second-order valence-electron chi connectivity index (χ2n) is 5.95. The van der Waals surface area contributed by atoms with Crippen LogP contribution in [0.25, 0.3) is 10.2 Å². The van der Waals surface area contributed by atoms with E-state index in [1.54, 1.807) is 16.8 Å². The van der Waals surface area contributed by atoms with E-state index in [9.17, 15) is 10.1 Å². The summed E-state index contributed by atoms with van der Waals surface area (Å²) in [4.78, 5) is 14.2. The molecule has 0 fully saturated rings. The minimum Gasteiger partial charge on any atom is -0.267 e. The van der Waals surface area contributed by atoms with Crippen molar-refractivity contribution in [3.8, 4) is 6.07 Å². The molecule has 2 aromatic heterocycles. The predicted molar refractivity (Wildman–Crippen MR) is 106 cm³/mol. The highest BCUT2D eigenvalue weighted by Crippen LogP contribution is 2.31. The molecule has 4 rings (SSSR count). The maximum Gasteiger partial charge on any atom is 0.270 e. The topological polar surface area (TPSA) is 49.0 Å². The number of hydrogen-bond acceptors (Lipinski definition) is 4. The van der Waals surface area contributed by atoms with Gasteiger partial charge in [0.05, 0.1) is 11.4 Å². The summed E-state index contributed by atoms with van der Waals surface area (Å²) < 4.78 is 1.64. The lowest BCUT2D eigenvalue weighted by atomic mass is 10.2. The molecule has 0 radical (unpaired) electrons. The SMILES string of the molecule is Cc1cccc(N(c2ccccc2)n2c(=O)ccc3cc(C#N)sc32)c1. The lowest BCUT2D eigenvalue weighted by Crippen LogP contribution is -2.34. The Balaban J connectivity index is 2.06. The fourth-order valence-corrected chi connectivity index (χ4v) is 3.91. The Bertz CT molecular complexity index is 1190. The van der Waals surface area contributed by atoms with Crippen LogP contribution in [0, 0.1) is 18.3 Å². The lowest BCUT2D eigenvalue weighted by molar-refractivity contribution is 0.817. The van der Waals surface area contributed by atoms with Gasteiger partial charge in [-0.15, -0.1) is 11.3 Å². The zero-order valence-electron chi connectivity index (χ0n) is 14.1. The number of nitrogens with zero attached hydrogens (tertiary/aromatic N) is 3. The van der Waals surface area contributed by atoms with Crippen molar-refractivity contribution in [2.75, 3.05) is 5.01 Å². The molecule has 0 aliphatic heterocycles. The Hall–Kier alpha value is -3.36. The highest BCUT2D eigenvalue weighted by atomic mass is 32.1. The molecule has 0 atom stereocenters. The first-order chi connectivity index (χ1) is 12.7. The van der Waals surface area contributed by atoms with Gasteiger partial charge in [0, 0.05) is 11.5 Å². The summed E-state index contributed by atoms with van der Waals surface area (Å²) in [6.07, 6.45) is 0. The van der Waals surface area contributed by atoms with E-state index in [2.05, 4.69) is 6.07 Å². The number of thiophene rings is 1. The standard InChI is InChI=1S/C21H15N3OS/c1-15-6-5-9-18(12-15)23(17-7-3-2-4-8-17)24-20(25)11-10-16-13-19(14-22)26-21(16)24/h2-13H,1H3. The number of hydrogen-bond donors (Lipinski definition) is 0. The van der Waals surface area contributed by atoms with Crippen molar-refractivity contribution in [1.29, 1.82) is 5.26 Å². The van der Waals surface area contributed by atoms with Crippen molar-refractivity contribution >= 4 is 32.9 Å². The van der Waals surface area contributed by atoms with E-state index in [1.807, 2.05) is 72.6 Å². The summed E-state index contributed by atoms with van der Waals surface area (Å²) in [5.74, 6) is 0. The van der Waals surface area contributed by atoms with Gasteiger partial charge in [-0.2, -0.15) is 5.26 Å². The summed E-state index contributed by atoms with van der Waals surface area (Å²) in [5, 5.41) is 12.0. The van der Waals surface area contributed by atoms with Crippen LogP contribution in [0.2, 0.25) is 0 Å². The van der Waals surface area contributed by atoms with Crippen LogP contribution < -0.4 is 10.6 Å². The molecule has 0 unspecified atom stereocenters. The van der Waals surface area contributed by atoms with Gasteiger partial charge in [0.15, 0.2) is 0 Å². The average molecular weight is 357 g/mol. The predicted octanol–water partition coefficient (Wildman–Crippen LogP) is 4.84. The molecule has 0 aliphatic rings. The van der Waals surface area contributed by atoms with E-state index in [0.29, 0.717) is 4.88 Å². The summed E-state index contributed by atoms with van der Waals surface area (Å²) in [6.45, 7) is 2.02. The summed E-state index contributed by atoms with van der Waals surface area (Å²) >= 11 is 1.32. The van der Waals surface area contributed by atoms with Crippen LogP contribution in [-0.2, 0) is 0 Å². The molecule has 4 aromatic rings. The van der Waals surface area contributed by atoms with Gasteiger partial charge in [-0.25, -0.2) is 9.69 Å². The van der Waals surface area contributed by atoms with Crippen molar-refractivity contribution in [3.05, 3.63) is 93.6 Å². The summed E-state index contributed by atoms with van der Waals surface area (Å²) in [7, 11) is 0. The number of aryl methyl sites for hydroxylation is 1. The second kappa shape index (κ2) is 6.51. The molecule has 0 aliphatic carbocycles. The molecule has 0 saturated heterocycles. The van der Waals surface area contributed by atoms with Crippen molar-refractivity contribution in [2.45, 2.75) is 6.92 Å². The van der Waals surface area contributed by atoms with Gasteiger partial charge in [0.1, 0.15) is 15.8 Å². The van der Waals surface area contributed by atoms with Gasteiger partial charge in [0.25, 0.3) is 5.56 Å². The maximum absolute atomic E-state index is 12.8. The Kier molecular flexibility index (Phi) is 4.04. The first kappa shape index (κ1) is 16.1. The van der Waals surface area contributed by atoms with Crippen LogP contribution in [0.15, 0.2) is 77.6 Å². The molecule has 0 bridgehead atoms. The number of anilines is 2. The number of pyridine rings is 1. The zero-order chi connectivity index (χ0) is 18.1. The molecule has 0 amide bonds. The summed E-state index contributed by atoms with van der Waals surface area (Å²) in [6, 6.07) is 25.1. The molecule has 0 saturated carbocycles. The minimum atomic E-state index is -0.144. The number of para-hydroxylation sites is 1. The Morgan fingerprint density at radius 1 is 0.962 bits per heavy atom. The molecular weight excluding hydrogens is 342 g/mol. The fraction of sp³-hybridized carbons (Fsp3) is 0.0476. The zero-order valence-corrected chi connectivity index (χ0v) is 14.9. The van der Waals surface area contributed by atoms with Crippen molar-refractivity contribution in [2.24, 2.45) is 0 Å². The van der Waals surface area contributed by atoms with Crippen LogP contribution in [0.3, 0.4) is 0 Å². The first-order valence-electron chi connectivity index (χ1n) is 8.15. The fourth-order valence-electron chi connectivity index (χ4n) is 2.97. The molecule has 26 heavy (non-hydrogen) atoms. The van der Waals surface area contributed by atoms with E-state index in [-0.39, 0.29) is 5.56 Å². The molecule has 0 N–H and O–H groups in total. The van der Waals surface area contributed by atoms with E-state index in [1.165, 1.54) is 11.3 Å². The highest BCUT2D eigenvalue weighted by Gasteiger charge is 2.17. The lowest BCUT2D eigenvalue weighted by Gasteiger charge is -2.27. The number of nitriles is 1. The van der Waals surface area contributed by atoms with Crippen LogP contribution in [-0.4, -0.2) is 4.68 Å². The van der Waals surface area contributed by atoms with Gasteiger partial charge >= 0.3 is 0 Å². The van der Waals surface area contributed by atoms with Gasteiger partial charge in [0.2, 0.25) is 0 Å². The average Bonchev–Trinajstić information content (AvgIpc) is 3.08. The third-order valence-corrected chi connectivity index (χ3v) is 5.13. The van der Waals surface area contributed by atoms with Crippen LogP contribution in [0.5, 0.6) is 0 Å². The molecule has 0 spiro atoms. The van der Waals surface area contributed by atoms with Gasteiger partial charge in [-0.05, 0) is 48.9 Å². The smallest absolute Gasteiger partial charge is 0.267 e. The normalized spacial score (nSPS) is 10.6. The third kappa shape index (κ3) is 2.77. The van der Waals surface area contributed by atoms with E-state index >= 15 is 0 Å². The third-order valence-electron chi connectivity index (χ3n) is 4.10. The maximum atomic E-state index is 12.8. The second-order valence-corrected chi connectivity index (χ2v) is 6.98. The molecular formula is C21H15N3OS. The minimum absolute atomic E-state index is 0.144. The molecule has 2 aromatic carbocycles. The quantitative estimate of drug-likeness (QED) is 0.527. The largest absolute Gasteiger partial charge is 0.270 e. The number of rotatable bonds is 3. The van der Waals surface area contributed by atoms with Crippen LogP contribution >= 0.6 is 11.3 Å².